The van der Waals surface area contributed by atoms with E-state index in [4.69, 9.17) is 4.98 Å². The average Bonchev–Trinajstić information content (AvgIpc) is 2.92. The van der Waals surface area contributed by atoms with Crippen LogP contribution in [0.25, 0.3) is 0 Å². The van der Waals surface area contributed by atoms with E-state index in [9.17, 15) is 4.79 Å². The fourth-order valence-electron chi connectivity index (χ4n) is 5.29. The van der Waals surface area contributed by atoms with Gasteiger partial charge >= 0.3 is 0 Å². The number of aromatic nitrogens is 1. The number of nitrogens with one attached hydrogen (secondary N) is 3. The number of anilines is 2. The highest BCUT2D eigenvalue weighted by atomic mass is 16.2. The first kappa shape index (κ1) is 26.5. The summed E-state index contributed by atoms with van der Waals surface area (Å²) < 4.78 is 0. The molecule has 4 rings (SSSR count). The van der Waals surface area contributed by atoms with Crippen LogP contribution in [0.5, 0.6) is 0 Å². The van der Waals surface area contributed by atoms with Gasteiger partial charge in [-0.1, -0.05) is 61.7 Å². The van der Waals surface area contributed by atoms with E-state index in [1.54, 1.807) is 0 Å². The number of amides is 1. The Morgan fingerprint density at radius 2 is 1.78 bits per heavy atom. The molecule has 1 aliphatic carbocycles. The molecule has 2 aromatic carbocycles. The average molecular weight is 497 g/mol. The second-order valence-electron chi connectivity index (χ2n) is 10.6. The molecule has 1 amide bonds. The molecule has 0 bridgehead atoms. The molecule has 194 valence electrons. The topological polar surface area (TPSA) is 66.0 Å². The van der Waals surface area contributed by atoms with Gasteiger partial charge < -0.3 is 16.0 Å². The van der Waals surface area contributed by atoms with Crippen LogP contribution < -0.4 is 16.0 Å². The number of hydrogen-bond acceptors (Lipinski definition) is 4. The van der Waals surface area contributed by atoms with E-state index in [0.29, 0.717) is 13.0 Å². The SMILES string of the molecule is Cc1cccc(N[C@@](C)(C/C=C/Nc2ccccc2C)C(=O)NCC2(c3ccccn3)CCCCC2)c1. The van der Waals surface area contributed by atoms with Crippen LogP contribution >= 0.6 is 0 Å². The standard InChI is InChI=1S/C32H40N4O/c1-25-13-11-15-27(23-25)36-31(3,18-12-22-33-28-16-6-5-14-26(28)2)30(37)35-24-32(19-8-4-9-20-32)29-17-7-10-21-34-29/h5-7,10-17,21-23,33,36H,4,8-9,18-20,24H2,1-3H3,(H,35,37)/b22-12+/t31-/m0/s1. The first-order valence-corrected chi connectivity index (χ1v) is 13.4. The van der Waals surface area contributed by atoms with Crippen LogP contribution in [-0.4, -0.2) is 23.0 Å². The summed E-state index contributed by atoms with van der Waals surface area (Å²) in [7, 11) is 0. The van der Waals surface area contributed by atoms with Crippen molar-refractivity contribution in [1.29, 1.82) is 0 Å². The summed E-state index contributed by atoms with van der Waals surface area (Å²) in [6.07, 6.45) is 12.0. The van der Waals surface area contributed by atoms with Gasteiger partial charge in [0, 0.05) is 35.2 Å². The van der Waals surface area contributed by atoms with Gasteiger partial charge in [0.1, 0.15) is 5.54 Å². The Morgan fingerprint density at radius 3 is 2.51 bits per heavy atom. The predicted octanol–water partition coefficient (Wildman–Crippen LogP) is 6.90. The number of benzene rings is 2. The zero-order valence-corrected chi connectivity index (χ0v) is 22.4. The molecule has 1 heterocycles. The molecule has 37 heavy (non-hydrogen) atoms. The lowest BCUT2D eigenvalue weighted by molar-refractivity contribution is -0.125. The first-order chi connectivity index (χ1) is 17.9. The number of nitrogens with zero attached hydrogens (tertiary/aromatic N) is 1. The van der Waals surface area contributed by atoms with E-state index >= 15 is 0 Å². The Labute approximate surface area is 221 Å². The van der Waals surface area contributed by atoms with Gasteiger partial charge in [0.25, 0.3) is 0 Å². The molecule has 5 nitrogen and oxygen atoms in total. The van der Waals surface area contributed by atoms with Crippen LogP contribution in [0.2, 0.25) is 0 Å². The van der Waals surface area contributed by atoms with Crippen LogP contribution in [-0.2, 0) is 10.2 Å². The highest BCUT2D eigenvalue weighted by molar-refractivity contribution is 5.89. The van der Waals surface area contributed by atoms with E-state index in [1.165, 1.54) is 24.8 Å². The smallest absolute Gasteiger partial charge is 0.245 e. The van der Waals surface area contributed by atoms with E-state index in [0.717, 1.165) is 35.5 Å². The monoisotopic (exact) mass is 496 g/mol. The van der Waals surface area contributed by atoms with Gasteiger partial charge in [-0.3, -0.25) is 9.78 Å². The third-order valence-corrected chi connectivity index (χ3v) is 7.57. The van der Waals surface area contributed by atoms with Crippen molar-refractivity contribution in [2.75, 3.05) is 17.2 Å². The molecule has 0 radical (unpaired) electrons. The van der Waals surface area contributed by atoms with Crippen LogP contribution in [0.3, 0.4) is 0 Å². The maximum absolute atomic E-state index is 13.8. The van der Waals surface area contributed by atoms with E-state index in [2.05, 4.69) is 66.2 Å². The lowest BCUT2D eigenvalue weighted by Gasteiger charge is -2.38. The maximum Gasteiger partial charge on any atom is 0.245 e. The zero-order valence-electron chi connectivity index (χ0n) is 22.4. The first-order valence-electron chi connectivity index (χ1n) is 13.4. The van der Waals surface area contributed by atoms with Gasteiger partial charge in [-0.2, -0.15) is 0 Å². The lowest BCUT2D eigenvalue weighted by Crippen LogP contribution is -2.53. The molecule has 1 fully saturated rings. The lowest BCUT2D eigenvalue weighted by atomic mass is 9.71. The van der Waals surface area contributed by atoms with Crippen molar-refractivity contribution < 1.29 is 4.79 Å². The molecule has 1 atom stereocenters. The second kappa shape index (κ2) is 12.1. The van der Waals surface area contributed by atoms with Gasteiger partial charge in [-0.15, -0.1) is 0 Å². The molecule has 1 saturated carbocycles. The number of carbonyl (C=O) groups is 1. The molecule has 5 heteroatoms. The largest absolute Gasteiger partial charge is 0.371 e. The Kier molecular flexibility index (Phi) is 8.65. The molecule has 3 aromatic rings. The Hall–Kier alpha value is -3.60. The maximum atomic E-state index is 13.8. The van der Waals surface area contributed by atoms with Crippen molar-refractivity contribution in [3.63, 3.8) is 0 Å². The summed E-state index contributed by atoms with van der Waals surface area (Å²) in [4.78, 5) is 18.5. The number of para-hydroxylation sites is 1. The molecule has 0 unspecified atom stereocenters. The molecule has 1 aromatic heterocycles. The van der Waals surface area contributed by atoms with Gasteiger partial charge in [-0.05, 0) is 87.7 Å². The Morgan fingerprint density at radius 1 is 1.00 bits per heavy atom. The third-order valence-electron chi connectivity index (χ3n) is 7.57. The molecule has 3 N–H and O–H groups in total. The number of carbonyl (C=O) groups excluding carboxylic acids is 1. The minimum atomic E-state index is -0.822. The van der Waals surface area contributed by atoms with Crippen LogP contribution in [0, 0.1) is 13.8 Å². The van der Waals surface area contributed by atoms with Crippen LogP contribution in [0.1, 0.15) is 62.3 Å². The molecule has 0 saturated heterocycles. The Balaban J connectivity index is 1.51. The number of rotatable bonds is 10. The van der Waals surface area contributed by atoms with Crippen LogP contribution in [0.15, 0.2) is 85.2 Å². The molecule has 0 spiro atoms. The highest BCUT2D eigenvalue weighted by Crippen LogP contribution is 2.38. The fraction of sp³-hybridized carbons (Fsp3) is 0.375. The van der Waals surface area contributed by atoms with Gasteiger partial charge in [0.2, 0.25) is 5.91 Å². The summed E-state index contributed by atoms with van der Waals surface area (Å²) in [5.74, 6) is -0.00423. The number of hydrogen-bond donors (Lipinski definition) is 3. The highest BCUT2D eigenvalue weighted by Gasteiger charge is 2.38. The third kappa shape index (κ3) is 6.79. The number of pyridine rings is 1. The quantitative estimate of drug-likeness (QED) is 0.285. The Bertz CT molecular complexity index is 1200. The second-order valence-corrected chi connectivity index (χ2v) is 10.6. The van der Waals surface area contributed by atoms with Crippen molar-refractivity contribution in [3.05, 3.63) is 102 Å². The predicted molar refractivity (Wildman–Crippen MR) is 154 cm³/mol. The normalized spacial score (nSPS) is 16.6. The fourth-order valence-corrected chi connectivity index (χ4v) is 5.29. The van der Waals surface area contributed by atoms with Crippen molar-refractivity contribution >= 4 is 17.3 Å². The van der Waals surface area contributed by atoms with Gasteiger partial charge in [0.15, 0.2) is 0 Å². The van der Waals surface area contributed by atoms with Crippen molar-refractivity contribution in [3.8, 4) is 0 Å². The molecule has 1 aliphatic rings. The minimum absolute atomic E-state index is 0.00423. The van der Waals surface area contributed by atoms with Crippen molar-refractivity contribution in [2.24, 2.45) is 0 Å². The van der Waals surface area contributed by atoms with Crippen LogP contribution in [0.4, 0.5) is 11.4 Å². The van der Waals surface area contributed by atoms with Crippen molar-refractivity contribution in [1.82, 2.24) is 10.3 Å². The zero-order chi connectivity index (χ0) is 26.1. The van der Waals surface area contributed by atoms with E-state index in [-0.39, 0.29) is 11.3 Å². The molecular formula is C32H40N4O. The minimum Gasteiger partial charge on any atom is -0.371 e. The van der Waals surface area contributed by atoms with Gasteiger partial charge in [-0.25, -0.2) is 0 Å². The summed E-state index contributed by atoms with van der Waals surface area (Å²) in [5.41, 5.74) is 4.49. The summed E-state index contributed by atoms with van der Waals surface area (Å²) in [6.45, 7) is 6.72. The van der Waals surface area contributed by atoms with Gasteiger partial charge in [0.05, 0.1) is 0 Å². The molecule has 0 aliphatic heterocycles. The number of aryl methyl sites for hydroxylation is 2. The van der Waals surface area contributed by atoms with E-state index < -0.39 is 5.54 Å². The summed E-state index contributed by atoms with van der Waals surface area (Å²) in [5, 5.41) is 10.2. The summed E-state index contributed by atoms with van der Waals surface area (Å²) >= 11 is 0. The van der Waals surface area contributed by atoms with E-state index in [1.807, 2.05) is 55.7 Å². The summed E-state index contributed by atoms with van der Waals surface area (Å²) in [6, 6.07) is 22.5. The van der Waals surface area contributed by atoms with Crippen molar-refractivity contribution in [2.45, 2.75) is 70.3 Å². The molecular weight excluding hydrogens is 456 g/mol.